The number of aryl methyl sites for hydroxylation is 1. The van der Waals surface area contributed by atoms with Gasteiger partial charge in [0, 0.05) is 0 Å². The van der Waals surface area contributed by atoms with Gasteiger partial charge in [-0.05, 0) is 0 Å². The Morgan fingerprint density at radius 3 is 2.22 bits per heavy atom. The molecule has 0 fully saturated rings. The standard InChI is InChI=1S/C21H19IO4S/c1-16-12-14-18(15-13-16)27(23,24)26-22-20-11-7-6-10-19(20)21(2,25-22)17-8-4-3-5-9-17/h3-15H,1-2H3. The molecular weight excluding hydrogens is 475 g/mol. The van der Waals surface area contributed by atoms with Crippen molar-refractivity contribution in [1.82, 2.24) is 0 Å². The fourth-order valence-electron chi connectivity index (χ4n) is 3.03. The summed E-state index contributed by atoms with van der Waals surface area (Å²) in [6.45, 7) is 3.88. The molecule has 3 aromatic carbocycles. The predicted octanol–water partition coefficient (Wildman–Crippen LogP) is 5.20. The van der Waals surface area contributed by atoms with Gasteiger partial charge in [-0.2, -0.15) is 0 Å². The Morgan fingerprint density at radius 1 is 0.889 bits per heavy atom. The summed E-state index contributed by atoms with van der Waals surface area (Å²) < 4.78 is 38.5. The molecule has 0 spiro atoms. The number of benzene rings is 3. The van der Waals surface area contributed by atoms with Crippen LogP contribution < -0.4 is 0 Å². The van der Waals surface area contributed by atoms with Gasteiger partial charge in [0.25, 0.3) is 0 Å². The molecule has 6 heteroatoms. The van der Waals surface area contributed by atoms with E-state index in [1.165, 1.54) is 0 Å². The van der Waals surface area contributed by atoms with Crippen LogP contribution >= 0.6 is 20.6 Å². The third-order valence-electron chi connectivity index (χ3n) is 4.55. The van der Waals surface area contributed by atoms with Gasteiger partial charge < -0.3 is 0 Å². The van der Waals surface area contributed by atoms with Crippen LogP contribution in [-0.2, 0) is 21.3 Å². The third kappa shape index (κ3) is 3.42. The van der Waals surface area contributed by atoms with E-state index in [1.807, 2.05) is 68.4 Å². The van der Waals surface area contributed by atoms with Gasteiger partial charge >= 0.3 is 168 Å². The second-order valence-electron chi connectivity index (χ2n) is 6.50. The number of hydrogen-bond donors (Lipinski definition) is 0. The number of hydrogen-bond acceptors (Lipinski definition) is 4. The maximum atomic E-state index is 12.8. The van der Waals surface area contributed by atoms with Crippen molar-refractivity contribution in [2.75, 3.05) is 0 Å². The Balaban J connectivity index is 1.72. The van der Waals surface area contributed by atoms with E-state index in [9.17, 15) is 8.42 Å². The number of halogens is 1. The summed E-state index contributed by atoms with van der Waals surface area (Å²) in [7, 11) is -3.89. The van der Waals surface area contributed by atoms with Crippen LogP contribution in [0.1, 0.15) is 23.6 Å². The van der Waals surface area contributed by atoms with Crippen molar-refractivity contribution in [2.24, 2.45) is 0 Å². The van der Waals surface area contributed by atoms with Gasteiger partial charge in [0.15, 0.2) is 0 Å². The van der Waals surface area contributed by atoms with E-state index in [-0.39, 0.29) is 4.90 Å². The van der Waals surface area contributed by atoms with Crippen molar-refractivity contribution < 1.29 is 14.0 Å². The number of rotatable bonds is 4. The molecule has 0 N–H and O–H groups in total. The fraction of sp³-hybridized carbons (Fsp3) is 0.143. The topological polar surface area (TPSA) is 52.6 Å². The Kier molecular flexibility index (Phi) is 4.84. The van der Waals surface area contributed by atoms with Crippen LogP contribution in [0.25, 0.3) is 0 Å². The Morgan fingerprint density at radius 2 is 1.52 bits per heavy atom. The molecule has 0 radical (unpaired) electrons. The molecule has 1 heterocycles. The number of fused-ring (bicyclic) bond motifs is 1. The molecule has 1 unspecified atom stereocenters. The summed E-state index contributed by atoms with van der Waals surface area (Å²) in [4.78, 5) is 0.153. The molecule has 0 aliphatic carbocycles. The summed E-state index contributed by atoms with van der Waals surface area (Å²) in [5.74, 6) is 0. The van der Waals surface area contributed by atoms with E-state index in [0.717, 1.165) is 20.3 Å². The fourth-order valence-corrected chi connectivity index (χ4v) is 9.72. The zero-order chi connectivity index (χ0) is 19.1. The van der Waals surface area contributed by atoms with Gasteiger partial charge in [-0.3, -0.25) is 0 Å². The quantitative estimate of drug-likeness (QED) is 0.468. The SMILES string of the molecule is Cc1ccc(S(=O)(=O)OI2OC(C)(c3ccccc3)c3ccccc32)cc1. The first-order chi connectivity index (χ1) is 12.9. The summed E-state index contributed by atoms with van der Waals surface area (Å²) in [5, 5.41) is 0. The minimum absolute atomic E-state index is 0.153. The molecule has 4 rings (SSSR count). The van der Waals surface area contributed by atoms with Gasteiger partial charge in [0.1, 0.15) is 0 Å². The van der Waals surface area contributed by atoms with E-state index < -0.39 is 36.4 Å². The van der Waals surface area contributed by atoms with E-state index >= 15 is 0 Å². The van der Waals surface area contributed by atoms with Gasteiger partial charge in [0.2, 0.25) is 0 Å². The van der Waals surface area contributed by atoms with Crippen LogP contribution in [0.2, 0.25) is 0 Å². The Bertz CT molecular complexity index is 1060. The van der Waals surface area contributed by atoms with E-state index in [4.69, 9.17) is 5.58 Å². The van der Waals surface area contributed by atoms with Crippen molar-refractivity contribution in [3.8, 4) is 0 Å². The van der Waals surface area contributed by atoms with Crippen LogP contribution in [0.15, 0.2) is 83.8 Å². The molecule has 140 valence electrons. The van der Waals surface area contributed by atoms with Gasteiger partial charge in [-0.1, -0.05) is 0 Å². The minimum atomic E-state index is -3.89. The summed E-state index contributed by atoms with van der Waals surface area (Å²) >= 11 is -2.88. The molecule has 0 saturated carbocycles. The van der Waals surface area contributed by atoms with Crippen LogP contribution in [-0.4, -0.2) is 8.42 Å². The van der Waals surface area contributed by atoms with Crippen LogP contribution in [0, 0.1) is 10.5 Å². The van der Waals surface area contributed by atoms with Crippen molar-refractivity contribution in [3.63, 3.8) is 0 Å². The molecule has 0 aromatic heterocycles. The first-order valence-corrected chi connectivity index (χ1v) is 12.7. The van der Waals surface area contributed by atoms with Crippen molar-refractivity contribution in [3.05, 3.63) is 99.1 Å². The first kappa shape index (κ1) is 18.6. The van der Waals surface area contributed by atoms with E-state index in [2.05, 4.69) is 0 Å². The molecule has 0 bridgehead atoms. The first-order valence-electron chi connectivity index (χ1n) is 8.47. The van der Waals surface area contributed by atoms with Crippen molar-refractivity contribution in [1.29, 1.82) is 0 Å². The third-order valence-corrected chi connectivity index (χ3v) is 11.3. The molecule has 1 aliphatic rings. The molecule has 3 aromatic rings. The normalized spacial score (nSPS) is 20.4. The molecule has 27 heavy (non-hydrogen) atoms. The van der Waals surface area contributed by atoms with Crippen molar-refractivity contribution >= 4 is 30.8 Å². The molecule has 4 nitrogen and oxygen atoms in total. The summed E-state index contributed by atoms with van der Waals surface area (Å²) in [6, 6.07) is 24.2. The maximum absolute atomic E-state index is 12.8. The van der Waals surface area contributed by atoms with E-state index in [0.29, 0.717) is 0 Å². The zero-order valence-corrected chi connectivity index (χ0v) is 17.9. The average molecular weight is 494 g/mol. The molecular formula is C21H19IO4S. The predicted molar refractivity (Wildman–Crippen MR) is 113 cm³/mol. The Hall–Kier alpha value is -1.74. The average Bonchev–Trinajstić information content (AvgIpc) is 2.96. The molecule has 0 amide bonds. The summed E-state index contributed by atoms with van der Waals surface area (Å²) in [5.41, 5.74) is 2.23. The Labute approximate surface area is 167 Å². The molecule has 1 aliphatic heterocycles. The van der Waals surface area contributed by atoms with Gasteiger partial charge in [-0.25, -0.2) is 0 Å². The van der Waals surface area contributed by atoms with Crippen LogP contribution in [0.4, 0.5) is 0 Å². The van der Waals surface area contributed by atoms with Crippen LogP contribution in [0.3, 0.4) is 0 Å². The van der Waals surface area contributed by atoms with Gasteiger partial charge in [-0.15, -0.1) is 0 Å². The molecule has 0 saturated heterocycles. The zero-order valence-electron chi connectivity index (χ0n) is 14.9. The van der Waals surface area contributed by atoms with Crippen LogP contribution in [0.5, 0.6) is 0 Å². The van der Waals surface area contributed by atoms with Gasteiger partial charge in [0.05, 0.1) is 0 Å². The second-order valence-corrected chi connectivity index (χ2v) is 11.9. The van der Waals surface area contributed by atoms with Crippen molar-refractivity contribution in [2.45, 2.75) is 24.3 Å². The molecule has 1 atom stereocenters. The monoisotopic (exact) mass is 494 g/mol. The summed E-state index contributed by atoms with van der Waals surface area (Å²) in [6.07, 6.45) is 0. The van der Waals surface area contributed by atoms with E-state index in [1.54, 1.807) is 24.3 Å². The second kappa shape index (κ2) is 7.01.